The third-order valence-corrected chi connectivity index (χ3v) is 4.54. The maximum absolute atomic E-state index is 12.2. The molecule has 136 valence electrons. The molecule has 0 saturated carbocycles. The Morgan fingerprint density at radius 1 is 1.23 bits per heavy atom. The maximum atomic E-state index is 12.2. The highest BCUT2D eigenvalue weighted by Crippen LogP contribution is 2.38. The summed E-state index contributed by atoms with van der Waals surface area (Å²) in [4.78, 5) is 29.0. The summed E-state index contributed by atoms with van der Waals surface area (Å²) in [5.41, 5.74) is 4.17. The Kier molecular flexibility index (Phi) is 4.93. The van der Waals surface area contributed by atoms with Gasteiger partial charge in [0.15, 0.2) is 0 Å². The van der Waals surface area contributed by atoms with E-state index in [9.17, 15) is 9.59 Å². The first-order chi connectivity index (χ1) is 12.4. The van der Waals surface area contributed by atoms with Crippen LogP contribution < -0.4 is 10.3 Å². The highest BCUT2D eigenvalue weighted by molar-refractivity contribution is 6.06. The molecule has 2 heterocycles. The first-order valence-corrected chi connectivity index (χ1v) is 8.54. The maximum Gasteiger partial charge on any atom is 0.308 e. The summed E-state index contributed by atoms with van der Waals surface area (Å²) in [6.45, 7) is 3.99. The van der Waals surface area contributed by atoms with E-state index in [4.69, 9.17) is 14.5 Å². The summed E-state index contributed by atoms with van der Waals surface area (Å²) in [7, 11) is 3.33. The highest BCUT2D eigenvalue weighted by Gasteiger charge is 2.26. The third kappa shape index (κ3) is 3.27. The SMILES string of the molecule is CCOC(=O)CC1N=C(C)c2cc(OC)ccc2-c2cn(C)c(=O)cc21. The van der Waals surface area contributed by atoms with Gasteiger partial charge in [-0.3, -0.25) is 14.6 Å². The first-order valence-electron chi connectivity index (χ1n) is 8.54. The fourth-order valence-electron chi connectivity index (χ4n) is 3.24. The predicted molar refractivity (Wildman–Crippen MR) is 99.9 cm³/mol. The van der Waals surface area contributed by atoms with Crippen LogP contribution in [0.3, 0.4) is 0 Å². The molecule has 0 spiro atoms. The van der Waals surface area contributed by atoms with Crippen molar-refractivity contribution in [1.82, 2.24) is 4.57 Å². The van der Waals surface area contributed by atoms with Crippen LogP contribution in [0.4, 0.5) is 0 Å². The molecule has 3 rings (SSSR count). The number of hydrogen-bond donors (Lipinski definition) is 0. The van der Waals surface area contributed by atoms with Crippen LogP contribution >= 0.6 is 0 Å². The number of pyridine rings is 1. The van der Waals surface area contributed by atoms with E-state index >= 15 is 0 Å². The van der Waals surface area contributed by atoms with Crippen molar-refractivity contribution < 1.29 is 14.3 Å². The minimum Gasteiger partial charge on any atom is -0.497 e. The molecule has 1 aromatic carbocycles. The zero-order chi connectivity index (χ0) is 18.8. The lowest BCUT2D eigenvalue weighted by Crippen LogP contribution is -2.18. The summed E-state index contributed by atoms with van der Waals surface area (Å²) in [5.74, 6) is 0.401. The number of ether oxygens (including phenoxy) is 2. The molecule has 0 bridgehead atoms. The van der Waals surface area contributed by atoms with Crippen molar-refractivity contribution in [3.05, 3.63) is 51.9 Å². The number of rotatable bonds is 4. The number of hydrogen-bond acceptors (Lipinski definition) is 5. The fourth-order valence-corrected chi connectivity index (χ4v) is 3.24. The number of carbonyl (C=O) groups is 1. The molecule has 0 amide bonds. The van der Waals surface area contributed by atoms with Crippen molar-refractivity contribution >= 4 is 11.7 Å². The number of aromatic nitrogens is 1. The van der Waals surface area contributed by atoms with E-state index in [-0.39, 0.29) is 17.9 Å². The molecule has 6 nitrogen and oxygen atoms in total. The Morgan fingerprint density at radius 3 is 2.69 bits per heavy atom. The summed E-state index contributed by atoms with van der Waals surface area (Å²) < 4.78 is 12.0. The smallest absolute Gasteiger partial charge is 0.308 e. The second kappa shape index (κ2) is 7.15. The monoisotopic (exact) mass is 354 g/mol. The molecule has 26 heavy (non-hydrogen) atoms. The van der Waals surface area contributed by atoms with Gasteiger partial charge in [0.1, 0.15) is 5.75 Å². The van der Waals surface area contributed by atoms with Crippen LogP contribution in [0, 0.1) is 0 Å². The van der Waals surface area contributed by atoms with Gasteiger partial charge in [-0.15, -0.1) is 0 Å². The first kappa shape index (κ1) is 17.9. The van der Waals surface area contributed by atoms with Gasteiger partial charge in [-0.25, -0.2) is 0 Å². The summed E-state index contributed by atoms with van der Waals surface area (Å²) in [5, 5.41) is 0. The van der Waals surface area contributed by atoms with Gasteiger partial charge in [0.25, 0.3) is 5.56 Å². The molecule has 1 atom stereocenters. The zero-order valence-corrected chi connectivity index (χ0v) is 15.4. The number of carbonyl (C=O) groups excluding carboxylic acids is 1. The van der Waals surface area contributed by atoms with E-state index in [2.05, 4.69) is 0 Å². The molecule has 1 unspecified atom stereocenters. The molecular weight excluding hydrogens is 332 g/mol. The van der Waals surface area contributed by atoms with Gasteiger partial charge < -0.3 is 14.0 Å². The average Bonchev–Trinajstić information content (AvgIpc) is 2.72. The Labute approximate surface area is 152 Å². The van der Waals surface area contributed by atoms with Crippen molar-refractivity contribution in [2.24, 2.45) is 12.0 Å². The van der Waals surface area contributed by atoms with E-state index in [0.717, 1.165) is 33.7 Å². The minimum atomic E-state index is -0.462. The summed E-state index contributed by atoms with van der Waals surface area (Å²) in [6, 6.07) is 6.87. The molecule has 1 aromatic heterocycles. The lowest BCUT2D eigenvalue weighted by Gasteiger charge is -2.16. The van der Waals surface area contributed by atoms with Crippen molar-refractivity contribution in [3.63, 3.8) is 0 Å². The highest BCUT2D eigenvalue weighted by atomic mass is 16.5. The van der Waals surface area contributed by atoms with E-state index in [0.29, 0.717) is 6.61 Å². The largest absolute Gasteiger partial charge is 0.497 e. The normalized spacial score (nSPS) is 15.4. The van der Waals surface area contributed by atoms with Crippen molar-refractivity contribution in [1.29, 1.82) is 0 Å². The van der Waals surface area contributed by atoms with Crippen LogP contribution in [0.2, 0.25) is 0 Å². The van der Waals surface area contributed by atoms with Crippen LogP contribution in [0.25, 0.3) is 11.1 Å². The molecule has 0 radical (unpaired) electrons. The van der Waals surface area contributed by atoms with Gasteiger partial charge in [-0.1, -0.05) is 0 Å². The minimum absolute atomic E-state index is 0.0937. The Hall–Kier alpha value is -2.89. The van der Waals surface area contributed by atoms with Crippen LogP contribution in [-0.2, 0) is 16.6 Å². The molecule has 2 aromatic rings. The van der Waals surface area contributed by atoms with Gasteiger partial charge >= 0.3 is 5.97 Å². The van der Waals surface area contributed by atoms with Crippen LogP contribution in [0.5, 0.6) is 5.75 Å². The Balaban J connectivity index is 2.22. The number of aliphatic imine (C=N–C) groups is 1. The molecule has 0 saturated heterocycles. The van der Waals surface area contributed by atoms with E-state index in [1.54, 1.807) is 33.3 Å². The third-order valence-electron chi connectivity index (χ3n) is 4.54. The van der Waals surface area contributed by atoms with Crippen LogP contribution in [0.15, 0.2) is 40.2 Å². The number of methoxy groups -OCH3 is 1. The fraction of sp³-hybridized carbons (Fsp3) is 0.350. The lowest BCUT2D eigenvalue weighted by atomic mass is 9.93. The summed E-state index contributed by atoms with van der Waals surface area (Å²) >= 11 is 0. The van der Waals surface area contributed by atoms with E-state index < -0.39 is 6.04 Å². The average molecular weight is 354 g/mol. The Morgan fingerprint density at radius 2 is 2.00 bits per heavy atom. The predicted octanol–water partition coefficient (Wildman–Crippen LogP) is 2.88. The van der Waals surface area contributed by atoms with Crippen molar-refractivity contribution in [2.75, 3.05) is 13.7 Å². The Bertz CT molecular complexity index is 943. The molecule has 0 fully saturated rings. The topological polar surface area (TPSA) is 69.9 Å². The van der Waals surface area contributed by atoms with Crippen molar-refractivity contribution in [3.8, 4) is 16.9 Å². The molecule has 1 aliphatic heterocycles. The van der Waals surface area contributed by atoms with E-state index in [1.807, 2.05) is 25.1 Å². The molecule has 1 aliphatic rings. The van der Waals surface area contributed by atoms with Crippen LogP contribution in [-0.4, -0.2) is 30.0 Å². The lowest BCUT2D eigenvalue weighted by molar-refractivity contribution is -0.143. The van der Waals surface area contributed by atoms with Gasteiger partial charge in [0, 0.05) is 36.1 Å². The van der Waals surface area contributed by atoms with Gasteiger partial charge in [0.05, 0.1) is 26.2 Å². The van der Waals surface area contributed by atoms with Gasteiger partial charge in [-0.05, 0) is 43.2 Å². The second-order valence-corrected chi connectivity index (χ2v) is 6.24. The van der Waals surface area contributed by atoms with E-state index in [1.165, 1.54) is 4.57 Å². The molecular formula is C20H22N2O4. The molecule has 0 aliphatic carbocycles. The zero-order valence-electron chi connectivity index (χ0n) is 15.4. The number of esters is 1. The van der Waals surface area contributed by atoms with Crippen LogP contribution in [0.1, 0.15) is 37.4 Å². The standard InChI is InChI=1S/C20H22N2O4/c1-5-26-20(24)10-18-16-9-19(23)22(3)11-17(16)14-7-6-13(25-4)8-15(14)12(2)21-18/h6-9,11,18H,5,10H2,1-4H3. The molecule has 0 N–H and O–H groups in total. The summed E-state index contributed by atoms with van der Waals surface area (Å²) in [6.07, 6.45) is 1.89. The number of benzene rings is 1. The van der Waals surface area contributed by atoms with Gasteiger partial charge in [-0.2, -0.15) is 0 Å². The number of nitrogens with zero attached hydrogens (tertiary/aromatic N) is 2. The van der Waals surface area contributed by atoms with Gasteiger partial charge in [0.2, 0.25) is 0 Å². The second-order valence-electron chi connectivity index (χ2n) is 6.24. The van der Waals surface area contributed by atoms with Crippen molar-refractivity contribution in [2.45, 2.75) is 26.3 Å². The number of aryl methyl sites for hydroxylation is 1. The number of fused-ring (bicyclic) bond motifs is 3. The molecule has 6 heteroatoms. The quantitative estimate of drug-likeness (QED) is 0.792.